The Balaban J connectivity index is 1.42. The van der Waals surface area contributed by atoms with Gasteiger partial charge >= 0.3 is 0 Å². The van der Waals surface area contributed by atoms with E-state index in [-0.39, 0.29) is 12.5 Å². The molecular weight excluding hydrogens is 500 g/mol. The van der Waals surface area contributed by atoms with Crippen LogP contribution in [0.3, 0.4) is 0 Å². The van der Waals surface area contributed by atoms with Crippen molar-refractivity contribution in [2.45, 2.75) is 13.1 Å². The second-order valence-electron chi connectivity index (χ2n) is 7.34. The van der Waals surface area contributed by atoms with Gasteiger partial charge < -0.3 is 20.1 Å². The molecule has 2 N–H and O–H groups in total. The number of amides is 1. The third-order valence-corrected chi connectivity index (χ3v) is 5.47. The number of halogens is 1. The van der Waals surface area contributed by atoms with Crippen LogP contribution < -0.4 is 20.1 Å². The number of hydrogen-bond acceptors (Lipinski definition) is 7. The molecule has 2 aromatic carbocycles. The predicted molar refractivity (Wildman–Crippen MR) is 132 cm³/mol. The molecular formula is C24H23BrN6O3. The first kappa shape index (κ1) is 23.2. The molecule has 0 aliphatic rings. The van der Waals surface area contributed by atoms with Crippen LogP contribution in [0, 0.1) is 0 Å². The quantitative estimate of drug-likeness (QED) is 0.340. The molecule has 0 aliphatic heterocycles. The molecule has 0 aliphatic carbocycles. The van der Waals surface area contributed by atoms with E-state index in [4.69, 9.17) is 9.47 Å². The number of pyridine rings is 1. The molecule has 10 heteroatoms. The van der Waals surface area contributed by atoms with Gasteiger partial charge in [-0.15, -0.1) is 5.10 Å². The molecule has 0 saturated heterocycles. The molecule has 0 saturated carbocycles. The number of rotatable bonds is 9. The van der Waals surface area contributed by atoms with Crippen LogP contribution in [-0.4, -0.2) is 40.1 Å². The number of aromatic nitrogens is 4. The topological polar surface area (TPSA) is 103 Å². The first-order valence-corrected chi connectivity index (χ1v) is 11.2. The maximum atomic E-state index is 12.9. The lowest BCUT2D eigenvalue weighted by Crippen LogP contribution is -2.24. The summed E-state index contributed by atoms with van der Waals surface area (Å²) < 4.78 is 13.4. The van der Waals surface area contributed by atoms with Gasteiger partial charge in [-0.1, -0.05) is 33.3 Å². The fraction of sp³-hybridized carbons (Fsp3) is 0.167. The van der Waals surface area contributed by atoms with Crippen LogP contribution in [0.1, 0.15) is 21.6 Å². The smallest absolute Gasteiger partial charge is 0.255 e. The Bertz CT molecular complexity index is 1250. The van der Waals surface area contributed by atoms with Gasteiger partial charge in [0.2, 0.25) is 0 Å². The van der Waals surface area contributed by atoms with E-state index in [2.05, 4.69) is 41.9 Å². The van der Waals surface area contributed by atoms with Crippen LogP contribution >= 0.6 is 15.9 Å². The number of nitrogens with one attached hydrogen (secondary N) is 2. The summed E-state index contributed by atoms with van der Waals surface area (Å²) in [5.74, 6) is 1.37. The minimum Gasteiger partial charge on any atom is -0.497 e. The number of ether oxygens (including phenoxy) is 2. The molecule has 0 unspecified atom stereocenters. The average Bonchev–Trinajstić information content (AvgIpc) is 3.31. The highest BCUT2D eigenvalue weighted by Crippen LogP contribution is 2.28. The zero-order valence-electron chi connectivity index (χ0n) is 18.7. The number of carbonyl (C=O) groups is 1. The predicted octanol–water partition coefficient (Wildman–Crippen LogP) is 4.17. The van der Waals surface area contributed by atoms with Gasteiger partial charge in [0.1, 0.15) is 23.0 Å². The number of hydrogen-bond donors (Lipinski definition) is 2. The van der Waals surface area contributed by atoms with Gasteiger partial charge in [0.15, 0.2) is 0 Å². The van der Waals surface area contributed by atoms with E-state index in [1.165, 1.54) is 0 Å². The Kier molecular flexibility index (Phi) is 7.38. The minimum absolute atomic E-state index is 0.237. The van der Waals surface area contributed by atoms with Crippen LogP contribution in [0.4, 0.5) is 11.5 Å². The maximum Gasteiger partial charge on any atom is 0.255 e. The normalized spacial score (nSPS) is 10.6. The first-order valence-electron chi connectivity index (χ1n) is 10.4. The molecule has 1 amide bonds. The largest absolute Gasteiger partial charge is 0.497 e. The highest BCUT2D eigenvalue weighted by Gasteiger charge is 2.14. The average molecular weight is 523 g/mol. The summed E-state index contributed by atoms with van der Waals surface area (Å²) >= 11 is 3.43. The van der Waals surface area contributed by atoms with Crippen molar-refractivity contribution in [1.82, 2.24) is 25.3 Å². The molecule has 4 aromatic rings. The third-order valence-electron chi connectivity index (χ3n) is 4.94. The molecule has 0 bridgehead atoms. The number of nitrogens with zero attached hydrogens (tertiary/aromatic N) is 4. The van der Waals surface area contributed by atoms with Crippen molar-refractivity contribution in [1.29, 1.82) is 0 Å². The van der Waals surface area contributed by atoms with Gasteiger partial charge in [-0.3, -0.25) is 4.79 Å². The lowest BCUT2D eigenvalue weighted by molar-refractivity contribution is 0.0951. The van der Waals surface area contributed by atoms with Gasteiger partial charge in [0.05, 0.1) is 39.1 Å². The van der Waals surface area contributed by atoms with Gasteiger partial charge in [0, 0.05) is 34.6 Å². The first-order chi connectivity index (χ1) is 16.5. The number of methoxy groups -OCH3 is 2. The summed E-state index contributed by atoms with van der Waals surface area (Å²) in [7, 11) is 3.15. The van der Waals surface area contributed by atoms with Crippen molar-refractivity contribution in [2.24, 2.45) is 0 Å². The lowest BCUT2D eigenvalue weighted by atomic mass is 10.2. The highest BCUT2D eigenvalue weighted by atomic mass is 79.9. The summed E-state index contributed by atoms with van der Waals surface area (Å²) in [6, 6.07) is 16.8. The SMILES string of the molecule is COc1cc(Nc2ncccc2C(=O)NCc2cn(Cc3ccc(Br)cc3)nn2)cc(OC)c1. The van der Waals surface area contributed by atoms with E-state index in [1.54, 1.807) is 55.4 Å². The van der Waals surface area contributed by atoms with Crippen LogP contribution in [-0.2, 0) is 13.1 Å². The fourth-order valence-electron chi connectivity index (χ4n) is 3.24. The van der Waals surface area contributed by atoms with E-state index in [0.717, 1.165) is 10.0 Å². The standard InChI is InChI=1S/C24H23BrN6O3/c1-33-20-10-18(11-21(12-20)34-2)28-23-22(4-3-9-26-23)24(32)27-13-19-15-31(30-29-19)14-16-5-7-17(25)8-6-16/h3-12,15H,13-14H2,1-2H3,(H,26,28)(H,27,32). The molecule has 2 heterocycles. The van der Waals surface area contributed by atoms with Crippen molar-refractivity contribution < 1.29 is 14.3 Å². The Morgan fingerprint density at radius 1 is 1.06 bits per heavy atom. The Labute approximate surface area is 205 Å². The van der Waals surface area contributed by atoms with Gasteiger partial charge in [-0.25, -0.2) is 9.67 Å². The Morgan fingerprint density at radius 2 is 1.79 bits per heavy atom. The second kappa shape index (κ2) is 10.8. The van der Waals surface area contributed by atoms with Crippen LogP contribution in [0.15, 0.2) is 71.5 Å². The number of carbonyl (C=O) groups excluding carboxylic acids is 1. The van der Waals surface area contributed by atoms with Crippen LogP contribution in [0.2, 0.25) is 0 Å². The Morgan fingerprint density at radius 3 is 2.50 bits per heavy atom. The number of benzene rings is 2. The van der Waals surface area contributed by atoms with E-state index in [0.29, 0.717) is 40.8 Å². The van der Waals surface area contributed by atoms with Gasteiger partial charge in [-0.05, 0) is 29.8 Å². The monoisotopic (exact) mass is 522 g/mol. The van der Waals surface area contributed by atoms with Gasteiger partial charge in [-0.2, -0.15) is 0 Å². The highest BCUT2D eigenvalue weighted by molar-refractivity contribution is 9.10. The zero-order chi connectivity index (χ0) is 23.9. The molecule has 4 rings (SSSR count). The maximum absolute atomic E-state index is 12.9. The van der Waals surface area contributed by atoms with Crippen molar-refractivity contribution in [3.63, 3.8) is 0 Å². The summed E-state index contributed by atoms with van der Waals surface area (Å²) in [5.41, 5.74) is 2.83. The zero-order valence-corrected chi connectivity index (χ0v) is 20.2. The van der Waals surface area contributed by atoms with Crippen molar-refractivity contribution >= 4 is 33.3 Å². The minimum atomic E-state index is -0.284. The summed E-state index contributed by atoms with van der Waals surface area (Å²) in [5, 5.41) is 14.3. The molecule has 0 atom stereocenters. The molecule has 0 fully saturated rings. The van der Waals surface area contributed by atoms with E-state index in [9.17, 15) is 4.79 Å². The van der Waals surface area contributed by atoms with Crippen molar-refractivity contribution in [3.8, 4) is 11.5 Å². The molecule has 34 heavy (non-hydrogen) atoms. The summed E-state index contributed by atoms with van der Waals surface area (Å²) in [6.45, 7) is 0.829. The number of anilines is 2. The fourth-order valence-corrected chi connectivity index (χ4v) is 3.51. The molecule has 0 spiro atoms. The van der Waals surface area contributed by atoms with Gasteiger partial charge in [0.25, 0.3) is 5.91 Å². The second-order valence-corrected chi connectivity index (χ2v) is 8.26. The van der Waals surface area contributed by atoms with E-state index < -0.39 is 0 Å². The third kappa shape index (κ3) is 5.90. The van der Waals surface area contributed by atoms with E-state index >= 15 is 0 Å². The Hall–Kier alpha value is -3.92. The van der Waals surface area contributed by atoms with Crippen molar-refractivity contribution in [3.05, 3.63) is 88.3 Å². The lowest BCUT2D eigenvalue weighted by Gasteiger charge is -2.13. The molecule has 0 radical (unpaired) electrons. The van der Waals surface area contributed by atoms with Crippen LogP contribution in [0.25, 0.3) is 0 Å². The molecule has 9 nitrogen and oxygen atoms in total. The van der Waals surface area contributed by atoms with E-state index in [1.807, 2.05) is 30.5 Å². The van der Waals surface area contributed by atoms with Crippen LogP contribution in [0.5, 0.6) is 11.5 Å². The van der Waals surface area contributed by atoms with Crippen molar-refractivity contribution in [2.75, 3.05) is 19.5 Å². The summed E-state index contributed by atoms with van der Waals surface area (Å²) in [6.07, 6.45) is 3.43. The summed E-state index contributed by atoms with van der Waals surface area (Å²) in [4.78, 5) is 17.2. The molecule has 174 valence electrons. The molecule has 2 aromatic heterocycles.